The first-order chi connectivity index (χ1) is 10.2. The lowest BCUT2D eigenvalue weighted by molar-refractivity contribution is 0.0660. The lowest BCUT2D eigenvalue weighted by Gasteiger charge is -2.05. The normalized spacial score (nSPS) is 10.5. The Balaban J connectivity index is 1.64. The third-order valence-corrected chi connectivity index (χ3v) is 2.86. The highest BCUT2D eigenvalue weighted by Gasteiger charge is 2.08. The molecule has 0 amide bonds. The van der Waals surface area contributed by atoms with Crippen LogP contribution >= 0.6 is 0 Å². The van der Waals surface area contributed by atoms with Crippen molar-refractivity contribution in [3.8, 4) is 5.69 Å². The van der Waals surface area contributed by atoms with Crippen molar-refractivity contribution in [2.75, 3.05) is 5.32 Å². The molecule has 0 radical (unpaired) electrons. The molecule has 0 aliphatic heterocycles. The molecule has 0 aliphatic carbocycles. The monoisotopic (exact) mass is 284 g/mol. The zero-order valence-corrected chi connectivity index (χ0v) is 10.9. The first-order valence-corrected chi connectivity index (χ1v) is 6.25. The first kappa shape index (κ1) is 12.9. The molecule has 2 heterocycles. The van der Waals surface area contributed by atoms with Crippen molar-refractivity contribution in [3.05, 3.63) is 60.3 Å². The predicted octanol–water partition coefficient (Wildman–Crippen LogP) is 2.17. The van der Waals surface area contributed by atoms with Crippen LogP contribution in [-0.2, 0) is 6.54 Å². The quantitative estimate of drug-likeness (QED) is 0.745. The number of nitrogens with zero attached hydrogens (tertiary/aromatic N) is 3. The second kappa shape index (κ2) is 5.49. The molecule has 0 saturated carbocycles. The summed E-state index contributed by atoms with van der Waals surface area (Å²) in [4.78, 5) is 12.2. The highest BCUT2D eigenvalue weighted by molar-refractivity contribution is 5.84. The SMILES string of the molecule is O=C(O)c1ccc(CNc2ccc(-n3nccn3)cc2)o1. The topological polar surface area (TPSA) is 93.2 Å². The van der Waals surface area contributed by atoms with Crippen molar-refractivity contribution in [2.45, 2.75) is 6.54 Å². The minimum atomic E-state index is -1.07. The second-order valence-electron chi connectivity index (χ2n) is 4.29. The molecule has 7 heteroatoms. The molecule has 0 saturated heterocycles. The second-order valence-corrected chi connectivity index (χ2v) is 4.29. The van der Waals surface area contributed by atoms with E-state index in [-0.39, 0.29) is 5.76 Å². The fourth-order valence-electron chi connectivity index (χ4n) is 1.84. The summed E-state index contributed by atoms with van der Waals surface area (Å²) in [6.45, 7) is 0.409. The Kier molecular flexibility index (Phi) is 3.38. The van der Waals surface area contributed by atoms with Crippen molar-refractivity contribution in [1.29, 1.82) is 0 Å². The number of furan rings is 1. The Labute approximate surface area is 119 Å². The van der Waals surface area contributed by atoms with Gasteiger partial charge in [0.1, 0.15) is 5.76 Å². The molecule has 1 aromatic carbocycles. The van der Waals surface area contributed by atoms with Crippen LogP contribution in [0.5, 0.6) is 0 Å². The summed E-state index contributed by atoms with van der Waals surface area (Å²) in [6.07, 6.45) is 3.23. The summed E-state index contributed by atoms with van der Waals surface area (Å²) in [5.74, 6) is -0.575. The van der Waals surface area contributed by atoms with Crippen LogP contribution in [0.3, 0.4) is 0 Å². The summed E-state index contributed by atoms with van der Waals surface area (Å²) < 4.78 is 5.16. The van der Waals surface area contributed by atoms with Gasteiger partial charge >= 0.3 is 5.97 Å². The molecular weight excluding hydrogens is 272 g/mol. The van der Waals surface area contributed by atoms with Gasteiger partial charge in [0.05, 0.1) is 24.6 Å². The van der Waals surface area contributed by atoms with Gasteiger partial charge in [0, 0.05) is 5.69 Å². The molecule has 0 spiro atoms. The van der Waals surface area contributed by atoms with Crippen LogP contribution in [0.15, 0.2) is 53.2 Å². The average Bonchev–Trinajstić information content (AvgIpc) is 3.17. The number of carboxylic acid groups (broad SMARTS) is 1. The van der Waals surface area contributed by atoms with Crippen LogP contribution in [0.1, 0.15) is 16.3 Å². The average molecular weight is 284 g/mol. The maximum absolute atomic E-state index is 10.7. The number of rotatable bonds is 5. The summed E-state index contributed by atoms with van der Waals surface area (Å²) in [6, 6.07) is 10.6. The smallest absolute Gasteiger partial charge is 0.371 e. The molecule has 0 atom stereocenters. The van der Waals surface area contributed by atoms with E-state index < -0.39 is 5.97 Å². The first-order valence-electron chi connectivity index (χ1n) is 6.25. The largest absolute Gasteiger partial charge is 0.475 e. The lowest BCUT2D eigenvalue weighted by atomic mass is 10.3. The molecule has 3 rings (SSSR count). The molecule has 7 nitrogen and oxygen atoms in total. The van der Waals surface area contributed by atoms with Gasteiger partial charge in [-0.2, -0.15) is 15.0 Å². The molecule has 0 fully saturated rings. The van der Waals surface area contributed by atoms with Crippen LogP contribution in [0.25, 0.3) is 5.69 Å². The third kappa shape index (κ3) is 2.92. The van der Waals surface area contributed by atoms with Gasteiger partial charge in [-0.3, -0.25) is 0 Å². The van der Waals surface area contributed by atoms with Crippen LogP contribution in [0.2, 0.25) is 0 Å². The molecule has 0 bridgehead atoms. The Hall–Kier alpha value is -3.09. The molecule has 2 N–H and O–H groups in total. The number of hydrogen-bond donors (Lipinski definition) is 2. The van der Waals surface area contributed by atoms with Gasteiger partial charge in [-0.15, -0.1) is 0 Å². The Bertz CT molecular complexity index is 732. The van der Waals surface area contributed by atoms with Crippen molar-refractivity contribution in [1.82, 2.24) is 15.0 Å². The number of carboxylic acids is 1. The Morgan fingerprint density at radius 1 is 1.14 bits per heavy atom. The highest BCUT2D eigenvalue weighted by atomic mass is 16.4. The van der Waals surface area contributed by atoms with E-state index in [0.717, 1.165) is 11.4 Å². The van der Waals surface area contributed by atoms with Gasteiger partial charge in [0.2, 0.25) is 5.76 Å². The number of carbonyl (C=O) groups is 1. The number of benzene rings is 1. The van der Waals surface area contributed by atoms with Crippen molar-refractivity contribution >= 4 is 11.7 Å². The fourth-order valence-corrected chi connectivity index (χ4v) is 1.84. The van der Waals surface area contributed by atoms with Crippen LogP contribution in [0, 0.1) is 0 Å². The number of anilines is 1. The number of aromatic nitrogens is 3. The molecule has 0 aliphatic rings. The molecule has 2 aromatic heterocycles. The van der Waals surface area contributed by atoms with E-state index in [9.17, 15) is 4.79 Å². The van der Waals surface area contributed by atoms with E-state index in [2.05, 4.69) is 15.5 Å². The number of aromatic carboxylic acids is 1. The van der Waals surface area contributed by atoms with Gasteiger partial charge in [0.15, 0.2) is 0 Å². The summed E-state index contributed by atoms with van der Waals surface area (Å²) in [7, 11) is 0. The standard InChI is InChI=1S/C14H12N4O3/c19-14(20)13-6-5-12(21-13)9-15-10-1-3-11(4-2-10)18-16-7-8-17-18/h1-8,15H,9H2,(H,19,20). The number of nitrogens with one attached hydrogen (secondary N) is 1. The van der Waals surface area contributed by atoms with Gasteiger partial charge < -0.3 is 14.8 Å². The van der Waals surface area contributed by atoms with Crippen LogP contribution in [0.4, 0.5) is 5.69 Å². The third-order valence-electron chi connectivity index (χ3n) is 2.86. The molecule has 21 heavy (non-hydrogen) atoms. The van der Waals surface area contributed by atoms with E-state index in [1.165, 1.54) is 10.9 Å². The number of hydrogen-bond acceptors (Lipinski definition) is 5. The van der Waals surface area contributed by atoms with Crippen molar-refractivity contribution in [2.24, 2.45) is 0 Å². The van der Waals surface area contributed by atoms with E-state index in [1.807, 2.05) is 24.3 Å². The molecule has 3 aromatic rings. The molecular formula is C14H12N4O3. The minimum Gasteiger partial charge on any atom is -0.475 e. The van der Waals surface area contributed by atoms with Crippen LogP contribution < -0.4 is 5.32 Å². The minimum absolute atomic E-state index is 0.0631. The summed E-state index contributed by atoms with van der Waals surface area (Å²) >= 11 is 0. The van der Waals surface area contributed by atoms with E-state index in [1.54, 1.807) is 18.5 Å². The van der Waals surface area contributed by atoms with Crippen molar-refractivity contribution < 1.29 is 14.3 Å². The Morgan fingerprint density at radius 2 is 1.86 bits per heavy atom. The molecule has 0 unspecified atom stereocenters. The van der Waals surface area contributed by atoms with Gasteiger partial charge in [-0.25, -0.2) is 4.79 Å². The van der Waals surface area contributed by atoms with E-state index in [0.29, 0.717) is 12.3 Å². The fraction of sp³-hybridized carbons (Fsp3) is 0.0714. The lowest BCUT2D eigenvalue weighted by Crippen LogP contribution is -2.01. The van der Waals surface area contributed by atoms with Gasteiger partial charge in [-0.05, 0) is 36.4 Å². The van der Waals surface area contributed by atoms with E-state index >= 15 is 0 Å². The van der Waals surface area contributed by atoms with Gasteiger partial charge in [-0.1, -0.05) is 0 Å². The van der Waals surface area contributed by atoms with Crippen molar-refractivity contribution in [3.63, 3.8) is 0 Å². The van der Waals surface area contributed by atoms with Crippen LogP contribution in [-0.4, -0.2) is 26.1 Å². The zero-order valence-electron chi connectivity index (χ0n) is 10.9. The predicted molar refractivity (Wildman–Crippen MR) is 74.4 cm³/mol. The maximum atomic E-state index is 10.7. The summed E-state index contributed by atoms with van der Waals surface area (Å²) in [5.41, 5.74) is 1.75. The maximum Gasteiger partial charge on any atom is 0.371 e. The summed E-state index contributed by atoms with van der Waals surface area (Å²) in [5, 5.41) is 20.0. The zero-order chi connectivity index (χ0) is 14.7. The van der Waals surface area contributed by atoms with E-state index in [4.69, 9.17) is 9.52 Å². The Morgan fingerprint density at radius 3 is 2.48 bits per heavy atom. The van der Waals surface area contributed by atoms with Gasteiger partial charge in [0.25, 0.3) is 0 Å². The highest BCUT2D eigenvalue weighted by Crippen LogP contribution is 2.14. The molecule has 106 valence electrons.